The summed E-state index contributed by atoms with van der Waals surface area (Å²) in [4.78, 5) is 8.10. The number of likely N-dealkylation sites (tertiary alicyclic amines) is 1. The minimum absolute atomic E-state index is 0.113. The number of halogens is 1. The average Bonchev–Trinajstić information content (AvgIpc) is 3.40. The van der Waals surface area contributed by atoms with E-state index in [1.54, 1.807) is 18.6 Å². The number of phenols is 1. The summed E-state index contributed by atoms with van der Waals surface area (Å²) in [5, 5.41) is 19.2. The largest absolute Gasteiger partial charge is 0.507 e. The third-order valence-corrected chi connectivity index (χ3v) is 7.31. The van der Waals surface area contributed by atoms with E-state index in [1.807, 2.05) is 60.9 Å². The van der Waals surface area contributed by atoms with E-state index in [0.717, 1.165) is 18.7 Å². The highest BCUT2D eigenvalue weighted by atomic mass is 19.1. The monoisotopic (exact) mass is 422 g/mol. The summed E-state index contributed by atoms with van der Waals surface area (Å²) in [6.45, 7) is 5.04. The van der Waals surface area contributed by atoms with Gasteiger partial charge in [0.25, 0.3) is 0 Å². The Morgan fingerprint density at radius 2 is 2.00 bits per heavy atom. The number of anilines is 1. The van der Waals surface area contributed by atoms with Crippen LogP contribution in [0.2, 0.25) is 0 Å². The Labute approximate surface area is 181 Å². The first-order valence-electron chi connectivity index (χ1n) is 10.5. The van der Waals surface area contributed by atoms with Crippen molar-refractivity contribution in [2.45, 2.75) is 38.0 Å². The molecule has 1 aromatic carbocycles. The number of benzene rings is 1. The van der Waals surface area contributed by atoms with Gasteiger partial charge in [0.1, 0.15) is 11.9 Å². The first-order valence-corrected chi connectivity index (χ1v) is 10.5. The molecule has 4 atom stereocenters. The molecule has 2 aromatic heterocycles. The third-order valence-electron chi connectivity index (χ3n) is 7.31. The molecule has 8 heteroatoms. The molecule has 0 spiro atoms. The lowest BCUT2D eigenvalue weighted by Gasteiger charge is -2.45. The molecule has 3 aromatic rings. The summed E-state index contributed by atoms with van der Waals surface area (Å²) in [5.41, 5.74) is 1.38. The van der Waals surface area contributed by atoms with E-state index >= 15 is 4.39 Å². The molecule has 7 nitrogen and oxygen atoms in total. The Bertz CT molecular complexity index is 1100. The second kappa shape index (κ2) is 6.75. The fraction of sp³-hybridized carbons (Fsp3) is 0.435. The fourth-order valence-electron chi connectivity index (χ4n) is 5.70. The van der Waals surface area contributed by atoms with Gasteiger partial charge in [-0.1, -0.05) is 6.92 Å². The standard InChI is InChI=1S/C23H27FN6O/c1-22-12-23(2,28(3)13-22)20(24)21(22)29(4)19-8-7-17(26-27-19)16-6-5-15(11-18(16)31)30-10-9-25-14-30/h5-11,14,20-21,31H,12-13H2,1-4H3/t20-,21+,22-,23-/m0/s1. The zero-order chi connectivity index (χ0) is 22.0. The van der Waals surface area contributed by atoms with Gasteiger partial charge in [-0.05, 0) is 44.7 Å². The number of aromatic hydroxyl groups is 1. The Hall–Kier alpha value is -3.00. The number of alkyl halides is 1. The molecule has 1 aliphatic carbocycles. The molecule has 5 rings (SSSR count). The number of nitrogens with zero attached hydrogens (tertiary/aromatic N) is 6. The van der Waals surface area contributed by atoms with Crippen molar-refractivity contribution in [1.29, 1.82) is 0 Å². The van der Waals surface area contributed by atoms with E-state index in [-0.39, 0.29) is 17.2 Å². The van der Waals surface area contributed by atoms with Crippen molar-refractivity contribution in [3.05, 3.63) is 49.1 Å². The van der Waals surface area contributed by atoms with E-state index in [2.05, 4.69) is 27.0 Å². The van der Waals surface area contributed by atoms with E-state index in [4.69, 9.17) is 0 Å². The van der Waals surface area contributed by atoms with Crippen molar-refractivity contribution in [3.8, 4) is 22.7 Å². The number of rotatable bonds is 4. The number of hydrogen-bond donors (Lipinski definition) is 1. The molecule has 1 saturated carbocycles. The number of imidazole rings is 1. The van der Waals surface area contributed by atoms with Crippen LogP contribution in [0.4, 0.5) is 10.2 Å². The van der Waals surface area contributed by atoms with Crippen LogP contribution in [0.1, 0.15) is 20.3 Å². The molecular formula is C23H27FN6O. The van der Waals surface area contributed by atoms with Gasteiger partial charge in [-0.3, -0.25) is 4.90 Å². The quantitative estimate of drug-likeness (QED) is 0.696. The van der Waals surface area contributed by atoms with Crippen LogP contribution in [0.25, 0.3) is 16.9 Å². The average molecular weight is 423 g/mol. The number of piperidine rings is 1. The second-order valence-electron chi connectivity index (χ2n) is 9.45. The van der Waals surface area contributed by atoms with Crippen molar-refractivity contribution in [2.75, 3.05) is 25.5 Å². The van der Waals surface area contributed by atoms with Crippen molar-refractivity contribution >= 4 is 5.82 Å². The van der Waals surface area contributed by atoms with Gasteiger partial charge in [0.15, 0.2) is 5.82 Å². The molecule has 162 valence electrons. The molecule has 0 unspecified atom stereocenters. The van der Waals surface area contributed by atoms with Crippen LogP contribution in [-0.2, 0) is 0 Å². The maximum absolute atomic E-state index is 15.5. The van der Waals surface area contributed by atoms with E-state index in [0.29, 0.717) is 17.1 Å². The smallest absolute Gasteiger partial charge is 0.151 e. The van der Waals surface area contributed by atoms with Crippen LogP contribution in [-0.4, -0.2) is 68.1 Å². The lowest BCUT2D eigenvalue weighted by molar-refractivity contribution is 0.0410. The normalized spacial score (nSPS) is 30.1. The summed E-state index contributed by atoms with van der Waals surface area (Å²) < 4.78 is 17.3. The summed E-state index contributed by atoms with van der Waals surface area (Å²) in [5.74, 6) is 0.743. The molecule has 2 fully saturated rings. The highest BCUT2D eigenvalue weighted by Crippen LogP contribution is 2.56. The molecule has 3 heterocycles. The van der Waals surface area contributed by atoms with Crippen LogP contribution in [0.5, 0.6) is 5.75 Å². The van der Waals surface area contributed by atoms with Crippen LogP contribution < -0.4 is 4.90 Å². The van der Waals surface area contributed by atoms with E-state index < -0.39 is 11.7 Å². The highest BCUT2D eigenvalue weighted by molar-refractivity contribution is 5.69. The van der Waals surface area contributed by atoms with E-state index in [1.165, 1.54) is 0 Å². The lowest BCUT2D eigenvalue weighted by Crippen LogP contribution is -2.59. The highest BCUT2D eigenvalue weighted by Gasteiger charge is 2.66. The Balaban J connectivity index is 1.40. The second-order valence-corrected chi connectivity index (χ2v) is 9.45. The van der Waals surface area contributed by atoms with Gasteiger partial charge < -0.3 is 14.6 Å². The third kappa shape index (κ3) is 2.92. The fourth-order valence-corrected chi connectivity index (χ4v) is 5.70. The van der Waals surface area contributed by atoms with Crippen molar-refractivity contribution in [2.24, 2.45) is 5.41 Å². The topological polar surface area (TPSA) is 70.3 Å². The van der Waals surface area contributed by atoms with Gasteiger partial charge in [-0.25, -0.2) is 9.37 Å². The first-order chi connectivity index (χ1) is 14.7. The van der Waals surface area contributed by atoms with Crippen molar-refractivity contribution in [1.82, 2.24) is 24.6 Å². The summed E-state index contributed by atoms with van der Waals surface area (Å²) in [6.07, 6.45) is 5.02. The maximum atomic E-state index is 15.5. The number of phenolic OH excluding ortho intramolecular Hbond substituents is 1. The lowest BCUT2D eigenvalue weighted by atomic mass is 9.84. The summed E-state index contributed by atoms with van der Waals surface area (Å²) in [7, 11) is 3.90. The molecule has 1 saturated heterocycles. The van der Waals surface area contributed by atoms with Gasteiger partial charge in [-0.15, -0.1) is 10.2 Å². The SMILES string of the molecule is CN(c1ccc(-c2ccc(-n3ccnc3)cc2O)nn1)[C@@H]1[C@H](F)[C@]2(C)C[C@@]1(C)CN2C. The zero-order valence-corrected chi connectivity index (χ0v) is 18.2. The Kier molecular flexibility index (Phi) is 4.34. The zero-order valence-electron chi connectivity index (χ0n) is 18.2. The number of fused-ring (bicyclic) bond motifs is 2. The van der Waals surface area contributed by atoms with E-state index in [9.17, 15) is 5.11 Å². The molecule has 1 N–H and O–H groups in total. The minimum atomic E-state index is -0.970. The van der Waals surface area contributed by atoms with Gasteiger partial charge in [-0.2, -0.15) is 0 Å². The molecule has 0 amide bonds. The molecule has 2 bridgehead atoms. The Morgan fingerprint density at radius 3 is 2.58 bits per heavy atom. The molecule has 2 aliphatic rings. The van der Waals surface area contributed by atoms with Gasteiger partial charge in [0.2, 0.25) is 0 Å². The predicted octanol–water partition coefficient (Wildman–Crippen LogP) is 3.29. The summed E-state index contributed by atoms with van der Waals surface area (Å²) >= 11 is 0. The molecule has 1 aliphatic heterocycles. The van der Waals surface area contributed by atoms with Crippen LogP contribution in [0.3, 0.4) is 0 Å². The number of aromatic nitrogens is 4. The predicted molar refractivity (Wildman–Crippen MR) is 117 cm³/mol. The first kappa shape index (κ1) is 19.9. The van der Waals surface area contributed by atoms with Crippen LogP contribution in [0.15, 0.2) is 49.1 Å². The van der Waals surface area contributed by atoms with Crippen LogP contribution >= 0.6 is 0 Å². The van der Waals surface area contributed by atoms with Gasteiger partial charge in [0.05, 0.1) is 29.3 Å². The molecule has 0 radical (unpaired) electrons. The molecular weight excluding hydrogens is 395 g/mol. The van der Waals surface area contributed by atoms with Gasteiger partial charge in [0, 0.05) is 43.0 Å². The Morgan fingerprint density at radius 1 is 1.19 bits per heavy atom. The van der Waals surface area contributed by atoms with Crippen molar-refractivity contribution < 1.29 is 9.50 Å². The minimum Gasteiger partial charge on any atom is -0.507 e. The number of hydrogen-bond acceptors (Lipinski definition) is 6. The summed E-state index contributed by atoms with van der Waals surface area (Å²) in [6, 6.07) is 8.78. The molecule has 31 heavy (non-hydrogen) atoms. The maximum Gasteiger partial charge on any atom is 0.151 e. The van der Waals surface area contributed by atoms with Gasteiger partial charge >= 0.3 is 0 Å². The van der Waals surface area contributed by atoms with Crippen molar-refractivity contribution in [3.63, 3.8) is 0 Å². The van der Waals surface area contributed by atoms with Crippen LogP contribution in [0, 0.1) is 5.41 Å².